The van der Waals surface area contributed by atoms with E-state index in [0.717, 1.165) is 22.5 Å². The number of carbonyl (C=O) groups excluding carboxylic acids is 2. The average molecular weight is 436 g/mol. The number of methoxy groups -OCH3 is 1. The molecule has 7 nitrogen and oxygen atoms in total. The van der Waals surface area contributed by atoms with E-state index in [1.54, 1.807) is 35.0 Å². The van der Waals surface area contributed by atoms with Gasteiger partial charge in [-0.3, -0.25) is 14.3 Å². The maximum Gasteiger partial charge on any atom is 0.307 e. The van der Waals surface area contributed by atoms with Crippen molar-refractivity contribution in [2.24, 2.45) is 7.05 Å². The van der Waals surface area contributed by atoms with Crippen LogP contribution in [0.5, 0.6) is 5.75 Å². The monoisotopic (exact) mass is 435 g/mol. The maximum atomic E-state index is 13.2. The highest BCUT2D eigenvalue weighted by Crippen LogP contribution is 2.28. The van der Waals surface area contributed by atoms with Crippen LogP contribution in [0.15, 0.2) is 48.5 Å². The number of esters is 1. The second kappa shape index (κ2) is 10.1. The molecule has 0 saturated carbocycles. The van der Waals surface area contributed by atoms with Gasteiger partial charge in [0.15, 0.2) is 0 Å². The van der Waals surface area contributed by atoms with Crippen LogP contribution in [0.1, 0.15) is 40.6 Å². The molecule has 0 radical (unpaired) electrons. The molecule has 1 unspecified atom stereocenters. The van der Waals surface area contributed by atoms with Crippen molar-refractivity contribution in [3.63, 3.8) is 0 Å². The number of hydrogen-bond acceptors (Lipinski definition) is 5. The molecule has 0 aliphatic carbocycles. The number of ether oxygens (including phenoxy) is 2. The van der Waals surface area contributed by atoms with E-state index < -0.39 is 18.0 Å². The minimum Gasteiger partial charge on any atom is -0.495 e. The quantitative estimate of drug-likeness (QED) is 0.536. The normalized spacial score (nSPS) is 11.7. The molecule has 168 valence electrons. The first kappa shape index (κ1) is 23.1. The molecule has 1 N–H and O–H groups in total. The summed E-state index contributed by atoms with van der Waals surface area (Å²) in [5.41, 5.74) is 5.02. The number of carbonyl (C=O) groups is 2. The summed E-state index contributed by atoms with van der Waals surface area (Å²) < 4.78 is 12.8. The molecule has 7 heteroatoms. The van der Waals surface area contributed by atoms with E-state index in [4.69, 9.17) is 9.47 Å². The third-order valence-corrected chi connectivity index (χ3v) is 5.44. The lowest BCUT2D eigenvalue weighted by Gasteiger charge is -2.19. The van der Waals surface area contributed by atoms with E-state index in [-0.39, 0.29) is 6.42 Å². The van der Waals surface area contributed by atoms with Crippen molar-refractivity contribution in [3.05, 3.63) is 76.6 Å². The van der Waals surface area contributed by atoms with Crippen LogP contribution in [0.3, 0.4) is 0 Å². The van der Waals surface area contributed by atoms with Crippen molar-refractivity contribution in [2.75, 3.05) is 12.4 Å². The van der Waals surface area contributed by atoms with E-state index in [2.05, 4.69) is 10.4 Å². The fourth-order valence-corrected chi connectivity index (χ4v) is 3.62. The number of anilines is 1. The highest BCUT2D eigenvalue weighted by Gasteiger charge is 2.26. The molecule has 32 heavy (non-hydrogen) atoms. The van der Waals surface area contributed by atoms with Gasteiger partial charge in [0.1, 0.15) is 5.75 Å². The summed E-state index contributed by atoms with van der Waals surface area (Å²) in [6.45, 7) is 5.81. The van der Waals surface area contributed by atoms with Gasteiger partial charge in [0.2, 0.25) is 6.10 Å². The largest absolute Gasteiger partial charge is 0.495 e. The zero-order valence-electron chi connectivity index (χ0n) is 19.1. The van der Waals surface area contributed by atoms with E-state index in [1.807, 2.05) is 46.0 Å². The van der Waals surface area contributed by atoms with Crippen LogP contribution in [-0.2, 0) is 27.8 Å². The molecule has 3 aromatic rings. The lowest BCUT2D eigenvalue weighted by molar-refractivity contribution is -0.154. The number of hydrogen-bond donors (Lipinski definition) is 1. The minimum atomic E-state index is -1.08. The second-order valence-electron chi connectivity index (χ2n) is 7.75. The fraction of sp³-hybridized carbons (Fsp3) is 0.320. The van der Waals surface area contributed by atoms with Gasteiger partial charge in [-0.15, -0.1) is 0 Å². The Morgan fingerprint density at radius 3 is 2.44 bits per heavy atom. The molecule has 1 heterocycles. The van der Waals surface area contributed by atoms with Crippen LogP contribution in [0.25, 0.3) is 0 Å². The summed E-state index contributed by atoms with van der Waals surface area (Å²) in [4.78, 5) is 25.9. The van der Waals surface area contributed by atoms with Crippen molar-refractivity contribution in [3.8, 4) is 5.75 Å². The molecule has 0 fully saturated rings. The van der Waals surface area contributed by atoms with Crippen LogP contribution in [0, 0.1) is 20.8 Å². The highest BCUT2D eigenvalue weighted by atomic mass is 16.5. The summed E-state index contributed by atoms with van der Waals surface area (Å²) in [6.07, 6.45) is -0.429. The Bertz CT molecular complexity index is 1110. The fourth-order valence-electron chi connectivity index (χ4n) is 3.62. The van der Waals surface area contributed by atoms with Gasteiger partial charge in [-0.1, -0.05) is 36.4 Å². The van der Waals surface area contributed by atoms with Crippen LogP contribution in [0.4, 0.5) is 5.69 Å². The van der Waals surface area contributed by atoms with E-state index in [1.165, 1.54) is 7.11 Å². The molecule has 0 bridgehead atoms. The van der Waals surface area contributed by atoms with Gasteiger partial charge in [-0.25, -0.2) is 0 Å². The Kier molecular flexibility index (Phi) is 7.30. The first-order chi connectivity index (χ1) is 15.3. The number of benzene rings is 2. The summed E-state index contributed by atoms with van der Waals surface area (Å²) in [5.74, 6) is -0.361. The van der Waals surface area contributed by atoms with Crippen molar-refractivity contribution < 1.29 is 19.1 Å². The zero-order chi connectivity index (χ0) is 23.3. The van der Waals surface area contributed by atoms with E-state index >= 15 is 0 Å². The summed E-state index contributed by atoms with van der Waals surface area (Å²) >= 11 is 0. The Balaban J connectivity index is 1.77. The Labute approximate surface area is 188 Å². The third-order valence-electron chi connectivity index (χ3n) is 5.44. The van der Waals surface area contributed by atoms with Crippen molar-refractivity contribution >= 4 is 17.6 Å². The third kappa shape index (κ3) is 5.35. The number of rotatable bonds is 8. The number of nitrogens with one attached hydrogen (secondary N) is 1. The summed E-state index contributed by atoms with van der Waals surface area (Å²) in [7, 11) is 3.41. The van der Waals surface area contributed by atoms with Crippen LogP contribution >= 0.6 is 0 Å². The molecule has 1 atom stereocenters. The molecule has 1 amide bonds. The lowest BCUT2D eigenvalue weighted by atomic mass is 10.1. The Morgan fingerprint density at radius 1 is 1.09 bits per heavy atom. The van der Waals surface area contributed by atoms with Crippen LogP contribution in [0.2, 0.25) is 0 Å². The van der Waals surface area contributed by atoms with E-state index in [9.17, 15) is 9.59 Å². The first-order valence-electron chi connectivity index (χ1n) is 10.5. The van der Waals surface area contributed by atoms with Crippen molar-refractivity contribution in [1.29, 1.82) is 0 Å². The van der Waals surface area contributed by atoms with E-state index in [0.29, 0.717) is 23.4 Å². The van der Waals surface area contributed by atoms with Gasteiger partial charge in [-0.2, -0.15) is 5.10 Å². The minimum absolute atomic E-state index is 0.151. The number of aromatic nitrogens is 2. The van der Waals surface area contributed by atoms with Crippen molar-refractivity contribution in [1.82, 2.24) is 9.78 Å². The molecular weight excluding hydrogens is 406 g/mol. The SMILES string of the molecule is COc1ccc(C)cc1NC(=O)C(OC(=O)CCc1c(C)nn(C)c1C)c1ccccc1. The molecule has 3 rings (SSSR count). The topological polar surface area (TPSA) is 82.4 Å². The van der Waals surface area contributed by atoms with Gasteiger partial charge in [0.25, 0.3) is 5.91 Å². The Morgan fingerprint density at radius 2 is 1.81 bits per heavy atom. The molecular formula is C25H29N3O4. The predicted molar refractivity (Wildman–Crippen MR) is 123 cm³/mol. The standard InChI is InChI=1S/C25H29N3O4/c1-16-11-13-22(31-5)21(15-16)26-25(30)24(19-9-7-6-8-10-19)32-23(29)14-12-20-17(2)27-28(4)18(20)3/h6-11,13,15,24H,12,14H2,1-5H3,(H,26,30). The number of amides is 1. The summed E-state index contributed by atoms with van der Waals surface area (Å²) in [5, 5.41) is 7.23. The number of aryl methyl sites for hydroxylation is 3. The average Bonchev–Trinajstić information content (AvgIpc) is 3.02. The van der Waals surface area contributed by atoms with Gasteiger partial charge >= 0.3 is 5.97 Å². The smallest absolute Gasteiger partial charge is 0.307 e. The molecule has 0 aliphatic heterocycles. The number of nitrogens with zero attached hydrogens (tertiary/aromatic N) is 2. The summed E-state index contributed by atoms with van der Waals surface area (Å²) in [6, 6.07) is 14.5. The van der Waals surface area contributed by atoms with Crippen molar-refractivity contribution in [2.45, 2.75) is 39.7 Å². The first-order valence-corrected chi connectivity index (χ1v) is 10.5. The van der Waals surface area contributed by atoms with Crippen LogP contribution in [-0.4, -0.2) is 28.8 Å². The van der Waals surface area contributed by atoms with Gasteiger partial charge in [0.05, 0.1) is 18.5 Å². The van der Waals surface area contributed by atoms with Crippen LogP contribution < -0.4 is 10.1 Å². The maximum absolute atomic E-state index is 13.2. The van der Waals surface area contributed by atoms with Gasteiger partial charge < -0.3 is 14.8 Å². The van der Waals surface area contributed by atoms with Gasteiger partial charge in [0, 0.05) is 24.7 Å². The zero-order valence-corrected chi connectivity index (χ0v) is 19.1. The molecule has 1 aromatic heterocycles. The highest BCUT2D eigenvalue weighted by molar-refractivity contribution is 5.97. The second-order valence-corrected chi connectivity index (χ2v) is 7.75. The molecule has 0 aliphatic rings. The molecule has 0 spiro atoms. The molecule has 2 aromatic carbocycles. The molecule has 0 saturated heterocycles. The predicted octanol–water partition coefficient (Wildman–Crippen LogP) is 4.21. The Hall–Kier alpha value is -3.61. The van der Waals surface area contributed by atoms with Gasteiger partial charge in [-0.05, 0) is 50.5 Å². The lowest BCUT2D eigenvalue weighted by Crippen LogP contribution is -2.26.